The summed E-state index contributed by atoms with van der Waals surface area (Å²) >= 11 is 0. The summed E-state index contributed by atoms with van der Waals surface area (Å²) in [5.74, 6) is 7.27. The first-order valence-electron chi connectivity index (χ1n) is 12.8. The molecule has 0 unspecified atom stereocenters. The van der Waals surface area contributed by atoms with Crippen LogP contribution in [0.25, 0.3) is 21.8 Å². The van der Waals surface area contributed by atoms with Crippen molar-refractivity contribution in [3.8, 4) is 11.8 Å². The predicted octanol–water partition coefficient (Wildman–Crippen LogP) is 4.16. The average molecular weight is 537 g/mol. The minimum Gasteiger partial charge on any atom is -0.340 e. The van der Waals surface area contributed by atoms with Gasteiger partial charge in [0.15, 0.2) is 0 Å². The molecule has 3 aromatic carbocycles. The molecular weight excluding hydrogens is 508 g/mol. The van der Waals surface area contributed by atoms with Crippen molar-refractivity contribution in [2.45, 2.75) is 4.90 Å². The molecule has 39 heavy (non-hydrogen) atoms. The van der Waals surface area contributed by atoms with Crippen LogP contribution in [-0.2, 0) is 10.0 Å². The van der Waals surface area contributed by atoms with Gasteiger partial charge in [-0.15, -0.1) is 0 Å². The molecule has 0 saturated carbocycles. The highest BCUT2D eigenvalue weighted by atomic mass is 32.2. The summed E-state index contributed by atoms with van der Waals surface area (Å²) in [7, 11) is -1.54. The third-order valence-electron chi connectivity index (χ3n) is 6.98. The molecule has 0 amide bonds. The van der Waals surface area contributed by atoms with Crippen LogP contribution in [0.2, 0.25) is 0 Å². The number of nitrogens with one attached hydrogen (secondary N) is 1. The highest BCUT2D eigenvalue weighted by Crippen LogP contribution is 2.28. The van der Waals surface area contributed by atoms with Crippen LogP contribution in [0.4, 0.5) is 11.5 Å². The van der Waals surface area contributed by atoms with Crippen molar-refractivity contribution in [1.29, 1.82) is 0 Å². The zero-order chi connectivity index (χ0) is 26.8. The molecule has 9 heteroatoms. The van der Waals surface area contributed by atoms with E-state index < -0.39 is 10.0 Å². The fourth-order valence-corrected chi connectivity index (χ4v) is 6.12. The maximum atomic E-state index is 13.2. The normalized spacial score (nSPS) is 14.8. The summed E-state index contributed by atoms with van der Waals surface area (Å²) < 4.78 is 27.6. The minimum absolute atomic E-state index is 0.250. The van der Waals surface area contributed by atoms with Crippen LogP contribution in [-0.4, -0.2) is 71.9 Å². The second kappa shape index (κ2) is 10.5. The fraction of sp³-hybridized carbons (Fsp3) is 0.200. The Morgan fingerprint density at radius 2 is 1.74 bits per heavy atom. The average Bonchev–Trinajstić information content (AvgIpc) is 3.39. The number of hydrogen-bond donors (Lipinski definition) is 1. The number of benzene rings is 3. The Hall–Kier alpha value is -4.23. The lowest BCUT2D eigenvalue weighted by Gasteiger charge is -2.30. The first-order valence-corrected chi connectivity index (χ1v) is 14.2. The van der Waals surface area contributed by atoms with E-state index in [1.807, 2.05) is 30.3 Å². The van der Waals surface area contributed by atoms with E-state index >= 15 is 0 Å². The van der Waals surface area contributed by atoms with E-state index in [0.717, 1.165) is 60.3 Å². The number of fused-ring (bicyclic) bond motifs is 2. The zero-order valence-corrected chi connectivity index (χ0v) is 22.4. The highest BCUT2D eigenvalue weighted by molar-refractivity contribution is 7.90. The molecule has 6 rings (SSSR count). The molecule has 1 aliphatic heterocycles. The number of likely N-dealkylation sites (N-methyl/N-ethyl adjacent to an activating group) is 1. The summed E-state index contributed by atoms with van der Waals surface area (Å²) in [5, 5.41) is 5.06. The number of nitrogens with zero attached hydrogens (tertiary/aromatic N) is 5. The van der Waals surface area contributed by atoms with Crippen molar-refractivity contribution < 1.29 is 8.42 Å². The molecule has 2 aromatic heterocycles. The molecule has 1 N–H and O–H groups in total. The van der Waals surface area contributed by atoms with Crippen molar-refractivity contribution >= 4 is 43.3 Å². The second-order valence-corrected chi connectivity index (χ2v) is 11.5. The monoisotopic (exact) mass is 536 g/mol. The van der Waals surface area contributed by atoms with Crippen molar-refractivity contribution in [3.05, 3.63) is 90.9 Å². The Kier molecular flexibility index (Phi) is 6.75. The van der Waals surface area contributed by atoms with Crippen LogP contribution in [0, 0.1) is 11.8 Å². The first-order chi connectivity index (χ1) is 19.0. The third-order valence-corrected chi connectivity index (χ3v) is 8.69. The molecule has 0 radical (unpaired) electrons. The smallest absolute Gasteiger partial charge is 0.268 e. The number of anilines is 2. The van der Waals surface area contributed by atoms with Gasteiger partial charge < -0.3 is 10.2 Å². The Bertz CT molecular complexity index is 1810. The molecule has 0 spiro atoms. The lowest BCUT2D eigenvalue weighted by molar-refractivity contribution is 0.168. The van der Waals surface area contributed by atoms with Crippen LogP contribution >= 0.6 is 0 Å². The van der Waals surface area contributed by atoms with Gasteiger partial charge in [-0.2, -0.15) is 0 Å². The fourth-order valence-electron chi connectivity index (χ4n) is 4.74. The van der Waals surface area contributed by atoms with E-state index in [4.69, 9.17) is 0 Å². The lowest BCUT2D eigenvalue weighted by Crippen LogP contribution is -2.44. The number of hydrogen-bond acceptors (Lipinski definition) is 7. The molecule has 3 heterocycles. The molecule has 8 nitrogen and oxygen atoms in total. The van der Waals surface area contributed by atoms with E-state index in [1.165, 1.54) is 10.3 Å². The molecule has 5 aromatic rings. The summed E-state index contributed by atoms with van der Waals surface area (Å²) in [6, 6.07) is 21.8. The Balaban J connectivity index is 1.25. The van der Waals surface area contributed by atoms with Gasteiger partial charge in [-0.1, -0.05) is 30.0 Å². The van der Waals surface area contributed by atoms with Crippen LogP contribution in [0.3, 0.4) is 0 Å². The maximum Gasteiger partial charge on any atom is 0.268 e. The SMILES string of the molecule is CN1CCN(CC#Cc2ccc3ncnc(Nc4ccc5c(ccn5S(=O)(=O)c5ccccc5)c4)c3c2)CC1. The van der Waals surface area contributed by atoms with Crippen LogP contribution < -0.4 is 5.32 Å². The van der Waals surface area contributed by atoms with Crippen molar-refractivity contribution in [2.24, 2.45) is 0 Å². The molecule has 0 bridgehead atoms. The van der Waals surface area contributed by atoms with Gasteiger partial charge in [-0.25, -0.2) is 22.4 Å². The molecular formula is C30H28N6O2S. The van der Waals surface area contributed by atoms with Gasteiger partial charge in [-0.05, 0) is 61.6 Å². The summed E-state index contributed by atoms with van der Waals surface area (Å²) in [6.07, 6.45) is 3.12. The Labute approximate surface area is 228 Å². The van der Waals surface area contributed by atoms with Crippen molar-refractivity contribution in [3.63, 3.8) is 0 Å². The predicted molar refractivity (Wildman–Crippen MR) is 155 cm³/mol. The lowest BCUT2D eigenvalue weighted by atomic mass is 10.1. The molecule has 196 valence electrons. The summed E-state index contributed by atoms with van der Waals surface area (Å²) in [6.45, 7) is 4.97. The summed E-state index contributed by atoms with van der Waals surface area (Å²) in [4.78, 5) is 13.9. The van der Waals surface area contributed by atoms with Gasteiger partial charge in [0, 0.05) is 54.4 Å². The van der Waals surface area contributed by atoms with Gasteiger partial charge in [-0.3, -0.25) is 4.90 Å². The van der Waals surface area contributed by atoms with Crippen molar-refractivity contribution in [2.75, 3.05) is 45.1 Å². The minimum atomic E-state index is -3.69. The highest BCUT2D eigenvalue weighted by Gasteiger charge is 2.18. The molecule has 1 fully saturated rings. The van der Waals surface area contributed by atoms with Gasteiger partial charge in [0.2, 0.25) is 0 Å². The van der Waals surface area contributed by atoms with Gasteiger partial charge >= 0.3 is 0 Å². The van der Waals surface area contributed by atoms with E-state index in [1.54, 1.807) is 48.7 Å². The Morgan fingerprint density at radius 1 is 0.923 bits per heavy atom. The quantitative estimate of drug-likeness (QED) is 0.338. The van der Waals surface area contributed by atoms with E-state index in [0.29, 0.717) is 11.3 Å². The van der Waals surface area contributed by atoms with E-state index in [-0.39, 0.29) is 4.90 Å². The molecule has 0 aliphatic carbocycles. The zero-order valence-electron chi connectivity index (χ0n) is 21.6. The van der Waals surface area contributed by atoms with Crippen LogP contribution in [0.15, 0.2) is 90.2 Å². The number of rotatable bonds is 5. The van der Waals surface area contributed by atoms with Crippen LogP contribution in [0.5, 0.6) is 0 Å². The maximum absolute atomic E-state index is 13.2. The van der Waals surface area contributed by atoms with Crippen LogP contribution in [0.1, 0.15) is 5.56 Å². The van der Waals surface area contributed by atoms with E-state index in [2.05, 4.69) is 44.0 Å². The summed E-state index contributed by atoms with van der Waals surface area (Å²) in [5.41, 5.74) is 3.13. The van der Waals surface area contributed by atoms with Gasteiger partial charge in [0.1, 0.15) is 12.1 Å². The number of piperazine rings is 1. The standard InChI is InChI=1S/C30H28N6O2S/c1-34-16-18-35(19-17-34)14-5-6-23-9-11-28-27(20-23)30(32-22-31-28)33-25-10-12-29-24(21-25)13-15-36(29)39(37,38)26-7-3-2-4-8-26/h2-4,7-13,15,20-22H,14,16-19H2,1H3,(H,31,32,33). The largest absolute Gasteiger partial charge is 0.340 e. The topological polar surface area (TPSA) is 83.4 Å². The second-order valence-electron chi connectivity index (χ2n) is 9.66. The number of aromatic nitrogens is 3. The molecule has 0 atom stereocenters. The van der Waals surface area contributed by atoms with Crippen molar-refractivity contribution in [1.82, 2.24) is 23.7 Å². The third kappa shape index (κ3) is 5.22. The molecule has 1 aliphatic rings. The van der Waals surface area contributed by atoms with Gasteiger partial charge in [0.05, 0.1) is 22.5 Å². The van der Waals surface area contributed by atoms with Gasteiger partial charge in [0.25, 0.3) is 10.0 Å². The van der Waals surface area contributed by atoms with E-state index in [9.17, 15) is 8.42 Å². The Morgan fingerprint density at radius 3 is 2.56 bits per heavy atom. The first kappa shape index (κ1) is 25.1. The molecule has 1 saturated heterocycles.